The van der Waals surface area contributed by atoms with Gasteiger partial charge in [-0.05, 0) is 46.5 Å². The largest absolute Gasteiger partial charge is 2.00 e. The number of thioether (sulfide) groups is 2. The van der Waals surface area contributed by atoms with Crippen LogP contribution in [0.1, 0.15) is 22.3 Å². The smallest absolute Gasteiger partial charge is 0.872 e. The molecular formula is C46H58N2O22S2Zn. The topological polar surface area (TPSA) is 409 Å². The minimum Gasteiger partial charge on any atom is -0.872 e. The number of aliphatic hydroxyl groups excluding tert-OH is 14. The molecule has 0 unspecified atom stereocenters. The van der Waals surface area contributed by atoms with E-state index in [4.69, 9.17) is 28.4 Å². The van der Waals surface area contributed by atoms with Crippen molar-refractivity contribution in [3.63, 3.8) is 0 Å². The zero-order valence-corrected chi connectivity index (χ0v) is 43.3. The first-order valence-electron chi connectivity index (χ1n) is 22.7. The van der Waals surface area contributed by atoms with Crippen LogP contribution in [-0.2, 0) is 59.4 Å². The van der Waals surface area contributed by atoms with E-state index in [0.29, 0.717) is 22.5 Å². The van der Waals surface area contributed by atoms with Gasteiger partial charge in [0, 0.05) is 23.9 Å². The van der Waals surface area contributed by atoms with Crippen molar-refractivity contribution < 1.29 is 130 Å². The third-order valence-corrected chi connectivity index (χ3v) is 14.9. The zero-order valence-electron chi connectivity index (χ0n) is 38.7. The summed E-state index contributed by atoms with van der Waals surface area (Å²) in [5, 5.41) is 170. The number of aliphatic hydroxyl groups is 14. The second kappa shape index (κ2) is 26.9. The van der Waals surface area contributed by atoms with Gasteiger partial charge >= 0.3 is 19.5 Å². The van der Waals surface area contributed by atoms with Crippen LogP contribution in [0.15, 0.2) is 70.6 Å². The summed E-state index contributed by atoms with van der Waals surface area (Å²) in [6.45, 7) is -2.86. The van der Waals surface area contributed by atoms with E-state index in [-0.39, 0.29) is 53.6 Å². The van der Waals surface area contributed by atoms with Crippen molar-refractivity contribution in [2.24, 2.45) is 9.98 Å². The molecule has 4 heterocycles. The van der Waals surface area contributed by atoms with Crippen molar-refractivity contribution in [3.05, 3.63) is 82.9 Å². The fourth-order valence-electron chi connectivity index (χ4n) is 8.28. The average molecular weight is 1120 g/mol. The fraction of sp³-hybridized carbons (Fsp3) is 0.565. The second-order valence-electron chi connectivity index (χ2n) is 17.4. The van der Waals surface area contributed by atoms with Crippen molar-refractivity contribution in [2.45, 2.75) is 133 Å². The van der Waals surface area contributed by atoms with Crippen LogP contribution in [0.4, 0.5) is 11.4 Å². The van der Waals surface area contributed by atoms with E-state index in [2.05, 4.69) is 9.98 Å². The van der Waals surface area contributed by atoms with Gasteiger partial charge in [0.2, 0.25) is 0 Å². The molecule has 0 radical (unpaired) electrons. The SMILES string of the molecule is [O-]c1ccc(CS[C@@H]2O[C@H](CO)[C@@H](O[C@@H]3O[C@H](CO)[C@@H](O)[C@H](O)[C@H]3O)[C@H](O)[C@H]2O)cc1C=Nc1ccccc1N=Cc1cc(CS[C@@H]2O[C@H](CO)[C@@H](O[C@@H]3O[C@H](CO)[C@@H](O)[C@H](O)[C@H]3O)[C@H](O)[C@H]2O)ccc1[O-].[Zn+2]. The Kier molecular flexibility index (Phi) is 21.9. The molecule has 27 heteroatoms. The van der Waals surface area contributed by atoms with E-state index >= 15 is 0 Å². The number of nitrogens with zero attached hydrogens (tertiary/aromatic N) is 2. The van der Waals surface area contributed by atoms with Crippen LogP contribution in [-0.4, -0.2) is 231 Å². The molecule has 0 aromatic heterocycles. The summed E-state index contributed by atoms with van der Waals surface area (Å²) in [5.41, 5.74) is 0.00658. The molecule has 4 aliphatic heterocycles. The Labute approximate surface area is 438 Å². The zero-order chi connectivity index (χ0) is 52.0. The van der Waals surface area contributed by atoms with Crippen molar-refractivity contribution >= 4 is 47.3 Å². The van der Waals surface area contributed by atoms with Crippen molar-refractivity contribution in [2.75, 3.05) is 26.4 Å². The summed E-state index contributed by atoms with van der Waals surface area (Å²) in [4.78, 5) is 8.99. The number of ether oxygens (including phenoxy) is 6. The van der Waals surface area contributed by atoms with Gasteiger partial charge < -0.3 is 110 Å². The Bertz CT molecular complexity index is 2130. The Morgan fingerprint density at radius 2 is 0.836 bits per heavy atom. The Morgan fingerprint density at radius 3 is 1.19 bits per heavy atom. The van der Waals surface area contributed by atoms with Gasteiger partial charge in [-0.2, -0.15) is 0 Å². The number of benzene rings is 3. The third-order valence-electron chi connectivity index (χ3n) is 12.5. The quantitative estimate of drug-likeness (QED) is 0.0419. The molecule has 24 nitrogen and oxygen atoms in total. The summed E-state index contributed by atoms with van der Waals surface area (Å²) >= 11 is 2.08. The second-order valence-corrected chi connectivity index (χ2v) is 19.6. The van der Waals surface area contributed by atoms with E-state index in [0.717, 1.165) is 23.5 Å². The molecule has 0 saturated carbocycles. The maximum atomic E-state index is 12.9. The monoisotopic (exact) mass is 1120 g/mol. The molecule has 0 bridgehead atoms. The molecule has 3 aromatic carbocycles. The summed E-state index contributed by atoms with van der Waals surface area (Å²) < 4.78 is 33.7. The van der Waals surface area contributed by atoms with Gasteiger partial charge in [0.05, 0.1) is 37.8 Å². The van der Waals surface area contributed by atoms with Crippen LogP contribution >= 0.6 is 23.5 Å². The molecule has 14 N–H and O–H groups in total. The van der Waals surface area contributed by atoms with Crippen molar-refractivity contribution in [1.82, 2.24) is 0 Å². The van der Waals surface area contributed by atoms with E-state index in [1.54, 1.807) is 48.5 Å². The molecule has 0 spiro atoms. The van der Waals surface area contributed by atoms with Crippen LogP contribution in [0.3, 0.4) is 0 Å². The minimum absolute atomic E-state index is 0. The van der Waals surface area contributed by atoms with Crippen molar-refractivity contribution in [3.8, 4) is 11.5 Å². The Morgan fingerprint density at radius 1 is 0.466 bits per heavy atom. The molecule has 4 fully saturated rings. The van der Waals surface area contributed by atoms with Gasteiger partial charge in [-0.25, -0.2) is 0 Å². The number of hydrogen-bond acceptors (Lipinski definition) is 26. The van der Waals surface area contributed by atoms with Gasteiger partial charge in [0.1, 0.15) is 109 Å². The first-order chi connectivity index (χ1) is 34.5. The summed E-state index contributed by atoms with van der Waals surface area (Å²) in [6, 6.07) is 15.6. The maximum absolute atomic E-state index is 12.9. The van der Waals surface area contributed by atoms with Gasteiger partial charge in [-0.1, -0.05) is 36.4 Å². The molecule has 0 aliphatic carbocycles. The number of hydrogen-bond donors (Lipinski definition) is 14. The Hall–Kier alpha value is -2.88. The first kappa shape index (κ1) is 59.4. The predicted octanol–water partition coefficient (Wildman–Crippen LogP) is -4.95. The Balaban J connectivity index is 0.00000869. The number of aliphatic imine (C=N–C) groups is 2. The minimum atomic E-state index is -1.81. The molecule has 398 valence electrons. The van der Waals surface area contributed by atoms with Crippen LogP contribution < -0.4 is 10.2 Å². The van der Waals surface area contributed by atoms with Gasteiger partial charge in [0.15, 0.2) is 12.6 Å². The standard InChI is InChI=1S/C46H60N2O22S2.Zn/c49-13-27-31(55)33(57)37(61)43(65-27)69-41-29(15-51)67-45(39(63)35(41)59)71-17-19-5-7-25(53)21(9-19)11-47-23-3-1-2-4-24(23)48-12-22-10-20(6-8-26(22)54)18-72-46-40(64)36(60)42(30(16-52)68-46)70-44-38(62)34(58)32(56)28(14-50)66-44;/h1-12,27-46,49-64H,13-18H2;/q;+2/p-2/t27-,28-,29-,30-,31-,32-,33+,34+,35-,36-,37-,38-,39-,40-,41-,42-,43+,44+,45+,46+;/m1./s1. The summed E-state index contributed by atoms with van der Waals surface area (Å²) in [5.74, 6) is -0.451. The van der Waals surface area contributed by atoms with Gasteiger partial charge in [-0.3, -0.25) is 9.98 Å². The molecule has 20 atom stereocenters. The third kappa shape index (κ3) is 13.8. The van der Waals surface area contributed by atoms with Crippen LogP contribution in [0.25, 0.3) is 0 Å². The molecule has 0 amide bonds. The summed E-state index contributed by atoms with van der Waals surface area (Å²) in [7, 11) is 0. The fourth-order valence-corrected chi connectivity index (χ4v) is 10.5. The van der Waals surface area contributed by atoms with E-state index in [9.17, 15) is 81.7 Å². The number of para-hydroxylation sites is 2. The van der Waals surface area contributed by atoms with E-state index in [1.807, 2.05) is 0 Å². The van der Waals surface area contributed by atoms with Crippen LogP contribution in [0.5, 0.6) is 11.5 Å². The molecule has 3 aromatic rings. The van der Waals surface area contributed by atoms with Gasteiger partial charge in [0.25, 0.3) is 0 Å². The average Bonchev–Trinajstić information content (AvgIpc) is 3.38. The maximum Gasteiger partial charge on any atom is 2.00 e. The van der Waals surface area contributed by atoms with Crippen molar-refractivity contribution in [1.29, 1.82) is 0 Å². The van der Waals surface area contributed by atoms with E-state index < -0.39 is 148 Å². The first-order valence-corrected chi connectivity index (χ1v) is 24.7. The molecule has 73 heavy (non-hydrogen) atoms. The molecule has 7 rings (SSSR count). The predicted molar refractivity (Wildman–Crippen MR) is 248 cm³/mol. The van der Waals surface area contributed by atoms with Crippen LogP contribution in [0, 0.1) is 0 Å². The van der Waals surface area contributed by atoms with E-state index in [1.165, 1.54) is 24.6 Å². The number of rotatable bonds is 18. The van der Waals surface area contributed by atoms with Crippen LogP contribution in [0.2, 0.25) is 0 Å². The molecule has 4 aliphatic rings. The molecule has 4 saturated heterocycles. The molecular weight excluding hydrogens is 1060 g/mol. The normalized spacial score (nSPS) is 37.1. The van der Waals surface area contributed by atoms with Gasteiger partial charge in [-0.15, -0.1) is 35.0 Å². The summed E-state index contributed by atoms with van der Waals surface area (Å²) in [6.07, 6.45) is -25.8.